The molecule has 1 aliphatic carbocycles. The van der Waals surface area contributed by atoms with Crippen molar-refractivity contribution in [3.63, 3.8) is 0 Å². The van der Waals surface area contributed by atoms with Gasteiger partial charge >= 0.3 is 0 Å². The lowest BCUT2D eigenvalue weighted by atomic mass is 10.1. The Bertz CT molecular complexity index is 689. The number of hydrogen-bond acceptors (Lipinski definition) is 2. The second-order valence-corrected chi connectivity index (χ2v) is 5.40. The van der Waals surface area contributed by atoms with Gasteiger partial charge in [-0.25, -0.2) is 0 Å². The molecule has 18 heavy (non-hydrogen) atoms. The first-order valence-corrected chi connectivity index (χ1v) is 6.56. The van der Waals surface area contributed by atoms with Gasteiger partial charge in [-0.2, -0.15) is 0 Å². The van der Waals surface area contributed by atoms with E-state index in [0.717, 1.165) is 22.7 Å². The summed E-state index contributed by atoms with van der Waals surface area (Å²) in [6.07, 6.45) is 2.05. The van der Waals surface area contributed by atoms with Crippen molar-refractivity contribution in [3.8, 4) is 0 Å². The van der Waals surface area contributed by atoms with Gasteiger partial charge in [0.15, 0.2) is 0 Å². The van der Waals surface area contributed by atoms with E-state index in [1.54, 1.807) is 6.07 Å². The summed E-state index contributed by atoms with van der Waals surface area (Å²) in [5.74, 6) is -0.174. The molecular formula is C13H11BrN2O2. The first kappa shape index (κ1) is 11.5. The summed E-state index contributed by atoms with van der Waals surface area (Å²) in [6, 6.07) is 7.09. The molecule has 0 bridgehead atoms. The standard InChI is InChI=1S/C13H11BrN2O2/c14-7-1-4-11-9(5-7)10(6-12(17)16-11)13(18)15-8-2-3-8/h1,4-6,8H,2-3H2,(H,15,18)(H,16,17). The molecule has 1 aliphatic rings. The Balaban J connectivity index is 2.15. The van der Waals surface area contributed by atoms with Gasteiger partial charge in [-0.1, -0.05) is 15.9 Å². The van der Waals surface area contributed by atoms with Crippen LogP contribution in [0.5, 0.6) is 0 Å². The maximum Gasteiger partial charge on any atom is 0.252 e. The molecule has 4 nitrogen and oxygen atoms in total. The quantitative estimate of drug-likeness (QED) is 0.893. The third kappa shape index (κ3) is 2.18. The molecule has 92 valence electrons. The number of nitrogens with one attached hydrogen (secondary N) is 2. The Kier molecular flexibility index (Phi) is 2.70. The molecule has 0 saturated heterocycles. The average Bonchev–Trinajstić information content (AvgIpc) is 3.12. The van der Waals surface area contributed by atoms with E-state index in [4.69, 9.17) is 0 Å². The minimum atomic E-state index is -0.259. The number of amides is 1. The van der Waals surface area contributed by atoms with E-state index < -0.39 is 0 Å². The van der Waals surface area contributed by atoms with Crippen LogP contribution in [0.1, 0.15) is 23.2 Å². The molecule has 0 unspecified atom stereocenters. The van der Waals surface area contributed by atoms with Crippen LogP contribution in [0, 0.1) is 0 Å². The Morgan fingerprint density at radius 2 is 2.11 bits per heavy atom. The van der Waals surface area contributed by atoms with Crippen molar-refractivity contribution in [3.05, 3.63) is 44.7 Å². The molecule has 1 heterocycles. The molecule has 1 saturated carbocycles. The number of benzene rings is 1. The summed E-state index contributed by atoms with van der Waals surface area (Å²) in [4.78, 5) is 26.4. The van der Waals surface area contributed by atoms with Crippen LogP contribution in [0.25, 0.3) is 10.9 Å². The van der Waals surface area contributed by atoms with E-state index >= 15 is 0 Å². The van der Waals surface area contributed by atoms with Crippen molar-refractivity contribution in [1.82, 2.24) is 10.3 Å². The van der Waals surface area contributed by atoms with Crippen LogP contribution in [-0.4, -0.2) is 16.9 Å². The first-order chi connectivity index (χ1) is 8.63. The molecule has 0 spiro atoms. The minimum absolute atomic E-state index is 0.174. The zero-order valence-electron chi connectivity index (χ0n) is 9.50. The number of H-pyrrole nitrogens is 1. The van der Waals surface area contributed by atoms with E-state index in [0.29, 0.717) is 11.1 Å². The lowest BCUT2D eigenvalue weighted by Crippen LogP contribution is -2.27. The summed E-state index contributed by atoms with van der Waals surface area (Å²) >= 11 is 3.37. The zero-order valence-corrected chi connectivity index (χ0v) is 11.1. The number of aromatic nitrogens is 1. The SMILES string of the molecule is O=C(NC1CC1)c1cc(=O)[nH]c2ccc(Br)cc12. The van der Waals surface area contributed by atoms with Gasteiger partial charge in [0.25, 0.3) is 5.91 Å². The van der Waals surface area contributed by atoms with Crippen molar-refractivity contribution >= 4 is 32.7 Å². The summed E-state index contributed by atoms with van der Waals surface area (Å²) in [6.45, 7) is 0. The van der Waals surface area contributed by atoms with Crippen molar-refractivity contribution in [2.24, 2.45) is 0 Å². The van der Waals surface area contributed by atoms with E-state index in [1.807, 2.05) is 12.1 Å². The lowest BCUT2D eigenvalue weighted by Gasteiger charge is -2.07. The molecule has 1 fully saturated rings. The number of aromatic amines is 1. The van der Waals surface area contributed by atoms with E-state index in [9.17, 15) is 9.59 Å². The molecule has 1 aromatic heterocycles. The highest BCUT2D eigenvalue weighted by molar-refractivity contribution is 9.10. The summed E-state index contributed by atoms with van der Waals surface area (Å²) in [5.41, 5.74) is 0.847. The molecule has 0 aliphatic heterocycles. The van der Waals surface area contributed by atoms with E-state index in [1.165, 1.54) is 6.07 Å². The van der Waals surface area contributed by atoms with Gasteiger partial charge in [0.1, 0.15) is 0 Å². The molecule has 1 aromatic carbocycles. The van der Waals surface area contributed by atoms with Crippen LogP contribution in [0.3, 0.4) is 0 Å². The van der Waals surface area contributed by atoms with Crippen LogP contribution in [0.15, 0.2) is 33.5 Å². The van der Waals surface area contributed by atoms with Crippen molar-refractivity contribution in [1.29, 1.82) is 0 Å². The van der Waals surface area contributed by atoms with E-state index in [-0.39, 0.29) is 17.5 Å². The minimum Gasteiger partial charge on any atom is -0.349 e. The maximum atomic E-state index is 12.1. The number of carbonyl (C=O) groups excluding carboxylic acids is 1. The average molecular weight is 307 g/mol. The molecule has 2 N–H and O–H groups in total. The highest BCUT2D eigenvalue weighted by atomic mass is 79.9. The fourth-order valence-electron chi connectivity index (χ4n) is 1.90. The summed E-state index contributed by atoms with van der Waals surface area (Å²) in [7, 11) is 0. The predicted octanol–water partition coefficient (Wildman–Crippen LogP) is 2.18. The number of carbonyl (C=O) groups is 1. The smallest absolute Gasteiger partial charge is 0.252 e. The first-order valence-electron chi connectivity index (χ1n) is 5.77. The number of pyridine rings is 1. The van der Waals surface area contributed by atoms with Gasteiger partial charge in [-0.15, -0.1) is 0 Å². The number of halogens is 1. The maximum absolute atomic E-state index is 12.1. The largest absolute Gasteiger partial charge is 0.349 e. The Morgan fingerprint density at radius 1 is 1.33 bits per heavy atom. The highest BCUT2D eigenvalue weighted by Crippen LogP contribution is 2.23. The van der Waals surface area contributed by atoms with Crippen LogP contribution in [0.2, 0.25) is 0 Å². The topological polar surface area (TPSA) is 62.0 Å². The van der Waals surface area contributed by atoms with Gasteiger partial charge < -0.3 is 10.3 Å². The van der Waals surface area contributed by atoms with Crippen LogP contribution < -0.4 is 10.9 Å². The van der Waals surface area contributed by atoms with Gasteiger partial charge in [0.2, 0.25) is 5.56 Å². The number of rotatable bonds is 2. The molecule has 0 radical (unpaired) electrons. The third-order valence-corrected chi connectivity index (χ3v) is 3.46. The summed E-state index contributed by atoms with van der Waals surface area (Å²) in [5, 5.41) is 3.65. The second kappa shape index (κ2) is 4.24. The van der Waals surface area contributed by atoms with Crippen molar-refractivity contribution in [2.45, 2.75) is 18.9 Å². The van der Waals surface area contributed by atoms with Crippen LogP contribution in [-0.2, 0) is 0 Å². The van der Waals surface area contributed by atoms with Crippen LogP contribution in [0.4, 0.5) is 0 Å². The molecule has 1 amide bonds. The monoisotopic (exact) mass is 306 g/mol. The molecular weight excluding hydrogens is 296 g/mol. The molecule has 5 heteroatoms. The molecule has 0 atom stereocenters. The van der Waals surface area contributed by atoms with Gasteiger partial charge in [0.05, 0.1) is 5.56 Å². The van der Waals surface area contributed by atoms with Crippen molar-refractivity contribution < 1.29 is 4.79 Å². The number of hydrogen-bond donors (Lipinski definition) is 2. The third-order valence-electron chi connectivity index (χ3n) is 2.96. The Morgan fingerprint density at radius 3 is 2.83 bits per heavy atom. The fraction of sp³-hybridized carbons (Fsp3) is 0.231. The Labute approximate surface area is 112 Å². The van der Waals surface area contributed by atoms with Crippen LogP contribution >= 0.6 is 15.9 Å². The second-order valence-electron chi connectivity index (χ2n) is 4.48. The van der Waals surface area contributed by atoms with Crippen molar-refractivity contribution in [2.75, 3.05) is 0 Å². The molecule has 2 aromatic rings. The molecule has 3 rings (SSSR count). The van der Waals surface area contributed by atoms with Gasteiger partial charge in [0, 0.05) is 27.5 Å². The zero-order chi connectivity index (χ0) is 12.7. The lowest BCUT2D eigenvalue weighted by molar-refractivity contribution is 0.0952. The summed E-state index contributed by atoms with van der Waals surface area (Å²) < 4.78 is 0.877. The fourth-order valence-corrected chi connectivity index (χ4v) is 2.27. The predicted molar refractivity (Wildman–Crippen MR) is 72.8 cm³/mol. The Hall–Kier alpha value is -1.62. The van der Waals surface area contributed by atoms with Gasteiger partial charge in [-0.05, 0) is 31.0 Å². The normalized spacial score (nSPS) is 14.7. The van der Waals surface area contributed by atoms with E-state index in [2.05, 4.69) is 26.2 Å². The van der Waals surface area contributed by atoms with Gasteiger partial charge in [-0.3, -0.25) is 9.59 Å². The highest BCUT2D eigenvalue weighted by Gasteiger charge is 2.24. The number of fused-ring (bicyclic) bond motifs is 1.